The van der Waals surface area contributed by atoms with Gasteiger partial charge in [-0.25, -0.2) is 4.98 Å². The smallest absolute Gasteiger partial charge is 0.137 e. The van der Waals surface area contributed by atoms with Crippen molar-refractivity contribution in [1.29, 1.82) is 0 Å². The first-order valence-corrected chi connectivity index (χ1v) is 6.52. The van der Waals surface area contributed by atoms with Crippen LogP contribution in [0.3, 0.4) is 0 Å². The summed E-state index contributed by atoms with van der Waals surface area (Å²) < 4.78 is 0. The van der Waals surface area contributed by atoms with Crippen molar-refractivity contribution in [3.05, 3.63) is 48.0 Å². The maximum atomic E-state index is 4.13. The largest absolute Gasteiger partial charge is 0.309 e. The molecule has 0 spiro atoms. The van der Waals surface area contributed by atoms with Crippen LogP contribution in [0, 0.1) is 0 Å². The van der Waals surface area contributed by atoms with Crippen molar-refractivity contribution in [3.8, 4) is 0 Å². The first kappa shape index (κ1) is 12.8. The van der Waals surface area contributed by atoms with Crippen molar-refractivity contribution in [2.24, 2.45) is 0 Å². The molecule has 2 aromatic rings. The Morgan fingerprint density at radius 3 is 2.78 bits per heavy atom. The van der Waals surface area contributed by atoms with Gasteiger partial charge in [0.2, 0.25) is 0 Å². The van der Waals surface area contributed by atoms with Gasteiger partial charge >= 0.3 is 0 Å². The van der Waals surface area contributed by atoms with Crippen LogP contribution in [0.5, 0.6) is 0 Å². The van der Waals surface area contributed by atoms with Gasteiger partial charge in [-0.2, -0.15) is 5.10 Å². The van der Waals surface area contributed by atoms with Crippen LogP contribution in [-0.4, -0.2) is 21.7 Å². The van der Waals surface area contributed by atoms with Crippen LogP contribution < -0.4 is 5.32 Å². The molecule has 4 nitrogen and oxygen atoms in total. The van der Waals surface area contributed by atoms with Crippen LogP contribution in [-0.2, 0) is 6.42 Å². The van der Waals surface area contributed by atoms with Crippen LogP contribution in [0.25, 0.3) is 0 Å². The standard InChI is InChI=1S/C14H20N4/c1-2-6-13(12-7-4-3-5-8-12)15-10-9-14-16-11-17-18-14/h3-5,7-8,11,13,15H,2,6,9-10H2,1H3,(H,16,17,18). The Kier molecular flexibility index (Phi) is 4.90. The molecule has 1 atom stereocenters. The Balaban J connectivity index is 1.87. The van der Waals surface area contributed by atoms with Gasteiger partial charge in [0.05, 0.1) is 0 Å². The highest BCUT2D eigenvalue weighted by Crippen LogP contribution is 2.17. The van der Waals surface area contributed by atoms with Gasteiger partial charge in [0, 0.05) is 19.0 Å². The van der Waals surface area contributed by atoms with Crippen LogP contribution in [0.1, 0.15) is 37.2 Å². The van der Waals surface area contributed by atoms with E-state index in [-0.39, 0.29) is 0 Å². The van der Waals surface area contributed by atoms with E-state index in [2.05, 4.69) is 57.8 Å². The predicted octanol–water partition coefficient (Wildman–Crippen LogP) is 2.48. The molecule has 1 aromatic carbocycles. The topological polar surface area (TPSA) is 53.6 Å². The summed E-state index contributed by atoms with van der Waals surface area (Å²) in [7, 11) is 0. The van der Waals surface area contributed by atoms with Crippen molar-refractivity contribution in [2.75, 3.05) is 6.54 Å². The number of hydrogen-bond donors (Lipinski definition) is 2. The molecule has 2 N–H and O–H groups in total. The van der Waals surface area contributed by atoms with Crippen LogP contribution >= 0.6 is 0 Å². The number of H-pyrrole nitrogens is 1. The molecule has 0 saturated carbocycles. The monoisotopic (exact) mass is 244 g/mol. The minimum absolute atomic E-state index is 0.430. The number of rotatable bonds is 7. The summed E-state index contributed by atoms with van der Waals surface area (Å²) >= 11 is 0. The van der Waals surface area contributed by atoms with E-state index < -0.39 is 0 Å². The summed E-state index contributed by atoms with van der Waals surface area (Å²) in [5.41, 5.74) is 1.36. The molecular formula is C14H20N4. The molecule has 0 aliphatic rings. The second kappa shape index (κ2) is 6.91. The zero-order valence-electron chi connectivity index (χ0n) is 10.8. The number of nitrogens with zero attached hydrogens (tertiary/aromatic N) is 2. The number of hydrogen-bond acceptors (Lipinski definition) is 3. The molecule has 0 aliphatic heterocycles. The average molecular weight is 244 g/mol. The van der Waals surface area contributed by atoms with Crippen molar-refractivity contribution in [1.82, 2.24) is 20.5 Å². The summed E-state index contributed by atoms with van der Waals surface area (Å²) in [6.07, 6.45) is 4.76. The molecule has 0 bridgehead atoms. The van der Waals surface area contributed by atoms with Crippen molar-refractivity contribution in [3.63, 3.8) is 0 Å². The maximum Gasteiger partial charge on any atom is 0.137 e. The van der Waals surface area contributed by atoms with Crippen LogP contribution in [0.2, 0.25) is 0 Å². The first-order valence-electron chi connectivity index (χ1n) is 6.52. The van der Waals surface area contributed by atoms with E-state index in [1.165, 1.54) is 12.0 Å². The normalized spacial score (nSPS) is 12.5. The van der Waals surface area contributed by atoms with Crippen LogP contribution in [0.15, 0.2) is 36.7 Å². The molecule has 1 unspecified atom stereocenters. The molecule has 2 rings (SSSR count). The summed E-state index contributed by atoms with van der Waals surface area (Å²) in [4.78, 5) is 4.13. The molecule has 0 aliphatic carbocycles. The summed E-state index contributed by atoms with van der Waals surface area (Å²) in [5, 5.41) is 10.3. The van der Waals surface area contributed by atoms with E-state index in [0.717, 1.165) is 25.2 Å². The Hall–Kier alpha value is -1.68. The van der Waals surface area contributed by atoms with Gasteiger partial charge in [-0.15, -0.1) is 0 Å². The van der Waals surface area contributed by atoms with E-state index >= 15 is 0 Å². The van der Waals surface area contributed by atoms with Gasteiger partial charge in [0.1, 0.15) is 12.2 Å². The van der Waals surface area contributed by atoms with Gasteiger partial charge in [-0.3, -0.25) is 5.10 Å². The fourth-order valence-electron chi connectivity index (χ4n) is 2.08. The Morgan fingerprint density at radius 1 is 1.28 bits per heavy atom. The number of nitrogens with one attached hydrogen (secondary N) is 2. The van der Waals surface area contributed by atoms with Gasteiger partial charge < -0.3 is 5.32 Å². The highest BCUT2D eigenvalue weighted by molar-refractivity contribution is 5.18. The summed E-state index contributed by atoms with van der Waals surface area (Å²) in [6, 6.07) is 11.0. The zero-order valence-corrected chi connectivity index (χ0v) is 10.8. The molecule has 18 heavy (non-hydrogen) atoms. The lowest BCUT2D eigenvalue weighted by molar-refractivity contribution is 0.494. The number of aromatic nitrogens is 3. The Bertz CT molecular complexity index is 424. The highest BCUT2D eigenvalue weighted by atomic mass is 15.2. The highest BCUT2D eigenvalue weighted by Gasteiger charge is 2.09. The molecule has 1 aromatic heterocycles. The van der Waals surface area contributed by atoms with E-state index in [0.29, 0.717) is 6.04 Å². The third kappa shape index (κ3) is 3.67. The minimum Gasteiger partial charge on any atom is -0.309 e. The maximum absolute atomic E-state index is 4.13. The first-order chi connectivity index (χ1) is 8.90. The molecule has 0 amide bonds. The van der Waals surface area contributed by atoms with Crippen molar-refractivity contribution in [2.45, 2.75) is 32.2 Å². The third-order valence-corrected chi connectivity index (χ3v) is 3.00. The predicted molar refractivity (Wildman–Crippen MR) is 72.2 cm³/mol. The number of aromatic amines is 1. The molecule has 96 valence electrons. The Morgan fingerprint density at radius 2 is 2.11 bits per heavy atom. The van der Waals surface area contributed by atoms with Gasteiger partial charge in [0.15, 0.2) is 0 Å². The average Bonchev–Trinajstić information content (AvgIpc) is 2.92. The lowest BCUT2D eigenvalue weighted by atomic mass is 10.0. The van der Waals surface area contributed by atoms with Gasteiger partial charge in [0.25, 0.3) is 0 Å². The molecular weight excluding hydrogens is 224 g/mol. The molecule has 4 heteroatoms. The van der Waals surface area contributed by atoms with Crippen molar-refractivity contribution < 1.29 is 0 Å². The SMILES string of the molecule is CCCC(NCCc1ncn[nH]1)c1ccccc1. The van der Waals surface area contributed by atoms with E-state index in [9.17, 15) is 0 Å². The lowest BCUT2D eigenvalue weighted by Crippen LogP contribution is -2.24. The minimum atomic E-state index is 0.430. The van der Waals surface area contributed by atoms with E-state index in [1.54, 1.807) is 6.33 Å². The third-order valence-electron chi connectivity index (χ3n) is 3.00. The van der Waals surface area contributed by atoms with Gasteiger partial charge in [-0.05, 0) is 12.0 Å². The van der Waals surface area contributed by atoms with E-state index in [1.807, 2.05) is 0 Å². The van der Waals surface area contributed by atoms with Gasteiger partial charge in [-0.1, -0.05) is 43.7 Å². The molecule has 1 heterocycles. The fraction of sp³-hybridized carbons (Fsp3) is 0.429. The van der Waals surface area contributed by atoms with Crippen LogP contribution in [0.4, 0.5) is 0 Å². The summed E-state index contributed by atoms with van der Waals surface area (Å²) in [6.45, 7) is 3.13. The fourth-order valence-corrected chi connectivity index (χ4v) is 2.08. The van der Waals surface area contributed by atoms with E-state index in [4.69, 9.17) is 0 Å². The quantitative estimate of drug-likeness (QED) is 0.786. The molecule has 0 radical (unpaired) electrons. The second-order valence-corrected chi connectivity index (χ2v) is 4.39. The second-order valence-electron chi connectivity index (χ2n) is 4.39. The van der Waals surface area contributed by atoms with Crippen molar-refractivity contribution >= 4 is 0 Å². The molecule has 0 saturated heterocycles. The number of benzene rings is 1. The Labute approximate surface area is 108 Å². The summed E-state index contributed by atoms with van der Waals surface area (Å²) in [5.74, 6) is 0.936. The lowest BCUT2D eigenvalue weighted by Gasteiger charge is -2.18. The molecule has 0 fully saturated rings. The zero-order chi connectivity index (χ0) is 12.6.